The fourth-order valence-corrected chi connectivity index (χ4v) is 5.53. The van der Waals surface area contributed by atoms with Gasteiger partial charge in [0.15, 0.2) is 22.6 Å². The van der Waals surface area contributed by atoms with Crippen molar-refractivity contribution in [2.75, 3.05) is 12.3 Å². The SMILES string of the molecule is C#CC1(C)OC(n2cnc3c(N)nc(F)nc32)CC1OC(=O)OCCCCCCCCCCCCCCCCCCC. The van der Waals surface area contributed by atoms with Gasteiger partial charge in [-0.2, -0.15) is 14.4 Å². The largest absolute Gasteiger partial charge is 0.508 e. The summed E-state index contributed by atoms with van der Waals surface area (Å²) in [5.74, 6) is 2.49. The van der Waals surface area contributed by atoms with Crippen LogP contribution in [-0.4, -0.2) is 44.0 Å². The van der Waals surface area contributed by atoms with Crippen LogP contribution in [0.15, 0.2) is 6.33 Å². The van der Waals surface area contributed by atoms with E-state index < -0.39 is 30.2 Å². The van der Waals surface area contributed by atoms with Crippen molar-refractivity contribution >= 4 is 23.1 Å². The number of nitrogens with zero attached hydrogens (tertiary/aromatic N) is 4. The van der Waals surface area contributed by atoms with Gasteiger partial charge in [-0.25, -0.2) is 9.78 Å². The van der Waals surface area contributed by atoms with Crippen LogP contribution in [0.2, 0.25) is 0 Å². The number of imidazole rings is 1. The molecule has 3 unspecified atom stereocenters. The van der Waals surface area contributed by atoms with Crippen molar-refractivity contribution in [2.24, 2.45) is 0 Å². The van der Waals surface area contributed by atoms with Crippen LogP contribution in [0.3, 0.4) is 0 Å². The van der Waals surface area contributed by atoms with Crippen molar-refractivity contribution in [3.05, 3.63) is 12.4 Å². The van der Waals surface area contributed by atoms with Gasteiger partial charge in [0.05, 0.1) is 12.9 Å². The summed E-state index contributed by atoms with van der Waals surface area (Å²) in [6.45, 7) is 4.22. The van der Waals surface area contributed by atoms with Gasteiger partial charge in [-0.3, -0.25) is 4.57 Å². The van der Waals surface area contributed by atoms with Gasteiger partial charge in [0, 0.05) is 6.42 Å². The number of hydrogen-bond acceptors (Lipinski definition) is 8. The normalized spacial score (nSPS) is 20.1. The Morgan fingerprint density at radius 1 is 1.02 bits per heavy atom. The summed E-state index contributed by atoms with van der Waals surface area (Å²) in [5.41, 5.74) is 4.97. The maximum Gasteiger partial charge on any atom is 0.508 e. The molecular weight excluding hydrogens is 537 g/mol. The molecular formula is C32H50FN5O4. The Bertz CT molecular complexity index is 1140. The van der Waals surface area contributed by atoms with Gasteiger partial charge >= 0.3 is 12.2 Å². The highest BCUT2D eigenvalue weighted by atomic mass is 19.1. The fraction of sp³-hybridized carbons (Fsp3) is 0.750. The van der Waals surface area contributed by atoms with Crippen LogP contribution in [0, 0.1) is 18.4 Å². The van der Waals surface area contributed by atoms with Crippen LogP contribution in [-0.2, 0) is 14.2 Å². The summed E-state index contributed by atoms with van der Waals surface area (Å²) in [7, 11) is 0. The Morgan fingerprint density at radius 3 is 2.12 bits per heavy atom. The predicted molar refractivity (Wildman–Crippen MR) is 162 cm³/mol. The number of anilines is 1. The third-order valence-electron chi connectivity index (χ3n) is 8.14. The number of halogens is 1. The summed E-state index contributed by atoms with van der Waals surface area (Å²) >= 11 is 0. The maximum absolute atomic E-state index is 13.8. The molecule has 2 aromatic rings. The number of terminal acetylenes is 1. The first-order valence-corrected chi connectivity index (χ1v) is 16.0. The van der Waals surface area contributed by atoms with Crippen molar-refractivity contribution in [3.8, 4) is 12.3 Å². The average Bonchev–Trinajstić information content (AvgIpc) is 3.53. The standard InChI is InChI=1S/C32H50FN5O4/c1-4-6-7-8-9-10-11-12-13-14-15-16-17-18-19-20-21-22-40-31(39)41-25-23-26(42-32(25,3)5-2)38-24-35-27-28(34)36-30(33)37-29(27)38/h2,24-26H,4,6-23H2,1,3H3,(H2,34,36,37). The van der Waals surface area contributed by atoms with Gasteiger partial charge in [-0.05, 0) is 13.3 Å². The highest BCUT2D eigenvalue weighted by Gasteiger charge is 2.48. The second kappa shape index (κ2) is 17.9. The van der Waals surface area contributed by atoms with Crippen molar-refractivity contribution < 1.29 is 23.4 Å². The van der Waals surface area contributed by atoms with E-state index in [-0.39, 0.29) is 23.4 Å². The number of fused-ring (bicyclic) bond motifs is 1. The van der Waals surface area contributed by atoms with E-state index in [2.05, 4.69) is 27.8 Å². The Hall–Kier alpha value is -2.93. The van der Waals surface area contributed by atoms with E-state index in [4.69, 9.17) is 26.4 Å². The molecule has 0 aliphatic carbocycles. The van der Waals surface area contributed by atoms with E-state index in [9.17, 15) is 9.18 Å². The lowest BCUT2D eigenvalue weighted by molar-refractivity contribution is -0.0643. The number of aromatic nitrogens is 4. The van der Waals surface area contributed by atoms with Gasteiger partial charge in [-0.15, -0.1) is 6.42 Å². The molecule has 0 bridgehead atoms. The number of rotatable bonds is 20. The molecule has 0 radical (unpaired) electrons. The number of nitrogen functional groups attached to an aromatic ring is 1. The monoisotopic (exact) mass is 587 g/mol. The second-order valence-electron chi connectivity index (χ2n) is 11.6. The molecule has 0 amide bonds. The van der Waals surface area contributed by atoms with Crippen LogP contribution in [0.1, 0.15) is 136 Å². The zero-order valence-electron chi connectivity index (χ0n) is 25.6. The summed E-state index contributed by atoms with van der Waals surface area (Å²) in [5, 5.41) is 0. The first-order valence-electron chi connectivity index (χ1n) is 16.0. The van der Waals surface area contributed by atoms with E-state index in [0.29, 0.717) is 6.61 Å². The van der Waals surface area contributed by atoms with Crippen molar-refractivity contribution in [2.45, 2.75) is 147 Å². The minimum absolute atomic E-state index is 0.0744. The maximum atomic E-state index is 13.8. The average molecular weight is 588 g/mol. The topological polar surface area (TPSA) is 114 Å². The Morgan fingerprint density at radius 2 is 1.57 bits per heavy atom. The summed E-state index contributed by atoms with van der Waals surface area (Å²) in [4.78, 5) is 23.8. The minimum atomic E-state index is -1.20. The highest BCUT2D eigenvalue weighted by molar-refractivity contribution is 5.81. The van der Waals surface area contributed by atoms with Gasteiger partial charge in [0.25, 0.3) is 0 Å². The number of nitrogens with two attached hydrogens (primary N) is 1. The molecule has 2 N–H and O–H groups in total. The van der Waals surface area contributed by atoms with Crippen molar-refractivity contribution in [3.63, 3.8) is 0 Å². The van der Waals surface area contributed by atoms with Crippen molar-refractivity contribution in [1.82, 2.24) is 19.5 Å². The first kappa shape index (κ1) is 33.6. The van der Waals surface area contributed by atoms with Crippen LogP contribution in [0.4, 0.5) is 15.0 Å². The van der Waals surface area contributed by atoms with Crippen LogP contribution in [0.25, 0.3) is 11.2 Å². The summed E-state index contributed by atoms with van der Waals surface area (Å²) < 4.78 is 32.1. The second-order valence-corrected chi connectivity index (χ2v) is 11.6. The molecule has 3 atom stereocenters. The quantitative estimate of drug-likeness (QED) is 0.0716. The zero-order valence-corrected chi connectivity index (χ0v) is 25.6. The number of hydrogen-bond donors (Lipinski definition) is 1. The number of carbonyl (C=O) groups is 1. The molecule has 9 nitrogen and oxygen atoms in total. The van der Waals surface area contributed by atoms with E-state index in [1.807, 2.05) is 0 Å². The molecule has 10 heteroatoms. The van der Waals surface area contributed by atoms with Crippen molar-refractivity contribution in [1.29, 1.82) is 0 Å². The molecule has 42 heavy (non-hydrogen) atoms. The molecule has 1 aliphatic heterocycles. The lowest BCUT2D eigenvalue weighted by Crippen LogP contribution is -2.37. The Balaban J connectivity index is 1.23. The molecule has 0 spiro atoms. The number of carbonyl (C=O) groups excluding carboxylic acids is 1. The highest BCUT2D eigenvalue weighted by Crippen LogP contribution is 2.39. The molecule has 234 valence electrons. The molecule has 2 aromatic heterocycles. The fourth-order valence-electron chi connectivity index (χ4n) is 5.53. The molecule has 1 fully saturated rings. The van der Waals surface area contributed by atoms with E-state index in [1.54, 1.807) is 6.92 Å². The smallest absolute Gasteiger partial charge is 0.434 e. The zero-order chi connectivity index (χ0) is 30.2. The summed E-state index contributed by atoms with van der Waals surface area (Å²) in [6, 6.07) is 0. The van der Waals surface area contributed by atoms with Crippen LogP contribution >= 0.6 is 0 Å². The molecule has 3 rings (SSSR count). The number of unbranched alkanes of at least 4 members (excludes halogenated alkanes) is 16. The molecule has 0 aromatic carbocycles. The first-order chi connectivity index (χ1) is 20.4. The van der Waals surface area contributed by atoms with E-state index in [0.717, 1.165) is 19.3 Å². The van der Waals surface area contributed by atoms with Crippen LogP contribution in [0.5, 0.6) is 0 Å². The summed E-state index contributed by atoms with van der Waals surface area (Å²) in [6.07, 6.45) is 26.1. The van der Waals surface area contributed by atoms with Gasteiger partial charge in [-0.1, -0.05) is 116 Å². The van der Waals surface area contributed by atoms with E-state index >= 15 is 0 Å². The molecule has 1 aliphatic rings. The van der Waals surface area contributed by atoms with Gasteiger partial charge in [0.1, 0.15) is 12.3 Å². The third-order valence-corrected chi connectivity index (χ3v) is 8.14. The minimum Gasteiger partial charge on any atom is -0.434 e. The van der Waals surface area contributed by atoms with Crippen LogP contribution < -0.4 is 5.73 Å². The lowest BCUT2D eigenvalue weighted by Gasteiger charge is -2.24. The Kier molecular flexibility index (Phi) is 14.3. The predicted octanol–water partition coefficient (Wildman–Crippen LogP) is 8.03. The molecule has 3 heterocycles. The lowest BCUT2D eigenvalue weighted by atomic mass is 10.0. The molecule has 1 saturated heterocycles. The number of ether oxygens (including phenoxy) is 3. The van der Waals surface area contributed by atoms with E-state index in [1.165, 1.54) is 101 Å². The van der Waals surface area contributed by atoms with Gasteiger partial charge in [0.2, 0.25) is 0 Å². The van der Waals surface area contributed by atoms with Gasteiger partial charge < -0.3 is 19.9 Å². The third kappa shape index (κ3) is 10.4. The Labute approximate surface area is 250 Å². The molecule has 0 saturated carbocycles.